The first-order valence-corrected chi connectivity index (χ1v) is 4.97. The van der Waals surface area contributed by atoms with Gasteiger partial charge < -0.3 is 14.2 Å². The van der Waals surface area contributed by atoms with E-state index in [1.54, 1.807) is 44.5 Å². The Kier molecular flexibility index (Phi) is 4.88. The molecule has 1 aromatic carbocycles. The molecule has 90 valence electrons. The number of nitrogens with zero attached hydrogens (tertiary/aromatic N) is 1. The minimum Gasteiger partial charge on any atom is -0.496 e. The molecule has 0 unspecified atom stereocenters. The van der Waals surface area contributed by atoms with Crippen LogP contribution in [0.2, 0.25) is 0 Å². The van der Waals surface area contributed by atoms with Gasteiger partial charge in [0.2, 0.25) is 0 Å². The van der Waals surface area contributed by atoms with Crippen LogP contribution >= 0.6 is 0 Å². The highest BCUT2D eigenvalue weighted by Crippen LogP contribution is 2.27. The van der Waals surface area contributed by atoms with Crippen molar-refractivity contribution in [3.8, 4) is 17.2 Å². The van der Waals surface area contributed by atoms with E-state index in [0.29, 0.717) is 30.4 Å². The third kappa shape index (κ3) is 3.96. The summed E-state index contributed by atoms with van der Waals surface area (Å²) in [5.74, 6) is 7.59. The lowest BCUT2D eigenvalue weighted by molar-refractivity contribution is 0.239. The Morgan fingerprint density at radius 1 is 1.06 bits per heavy atom. The Morgan fingerprint density at radius 3 is 2.00 bits per heavy atom. The van der Waals surface area contributed by atoms with Crippen LogP contribution in [0.3, 0.4) is 0 Å². The molecule has 0 bridgehead atoms. The molecule has 0 radical (unpaired) electrons. The summed E-state index contributed by atoms with van der Waals surface area (Å²) in [6.45, 7) is 1.17. The van der Waals surface area contributed by atoms with Crippen LogP contribution in [0.25, 0.3) is 0 Å². The Morgan fingerprint density at radius 2 is 1.56 bits per heavy atom. The van der Waals surface area contributed by atoms with Gasteiger partial charge in [0.05, 0.1) is 14.2 Å². The highest BCUT2D eigenvalue weighted by molar-refractivity contribution is 5.41. The molecular formula is C11H18N2O3. The summed E-state index contributed by atoms with van der Waals surface area (Å²) in [5.41, 5.74) is 0. The predicted molar refractivity (Wildman–Crippen MR) is 61.9 cm³/mol. The fraction of sp³-hybridized carbons (Fsp3) is 0.455. The van der Waals surface area contributed by atoms with Crippen molar-refractivity contribution in [1.29, 1.82) is 0 Å². The lowest BCUT2D eigenvalue weighted by Crippen LogP contribution is -2.30. The molecule has 5 nitrogen and oxygen atoms in total. The summed E-state index contributed by atoms with van der Waals surface area (Å²) in [4.78, 5) is 0. The largest absolute Gasteiger partial charge is 0.496 e. The quantitative estimate of drug-likeness (QED) is 0.576. The summed E-state index contributed by atoms with van der Waals surface area (Å²) >= 11 is 0. The molecule has 0 amide bonds. The molecule has 5 heteroatoms. The number of methoxy groups -OCH3 is 2. The van der Waals surface area contributed by atoms with Gasteiger partial charge in [0.1, 0.15) is 23.9 Å². The van der Waals surface area contributed by atoms with E-state index in [1.165, 1.54) is 0 Å². The number of hydrogen-bond donors (Lipinski definition) is 1. The maximum Gasteiger partial charge on any atom is 0.126 e. The molecule has 0 heterocycles. The maximum atomic E-state index is 5.52. The molecule has 0 spiro atoms. The Labute approximate surface area is 95.7 Å². The molecule has 0 saturated carbocycles. The van der Waals surface area contributed by atoms with Gasteiger partial charge in [-0.25, -0.2) is 5.01 Å². The van der Waals surface area contributed by atoms with Gasteiger partial charge in [-0.2, -0.15) is 0 Å². The first-order chi connectivity index (χ1) is 7.65. The second kappa shape index (κ2) is 6.19. The van der Waals surface area contributed by atoms with E-state index in [1.807, 2.05) is 0 Å². The summed E-state index contributed by atoms with van der Waals surface area (Å²) < 4.78 is 15.8. The lowest BCUT2D eigenvalue weighted by Gasteiger charge is -2.12. The number of ether oxygens (including phenoxy) is 3. The van der Waals surface area contributed by atoms with E-state index in [-0.39, 0.29) is 0 Å². The van der Waals surface area contributed by atoms with Crippen LogP contribution in [0, 0.1) is 0 Å². The minimum absolute atomic E-state index is 0.517. The van der Waals surface area contributed by atoms with Crippen LogP contribution in [-0.2, 0) is 0 Å². The lowest BCUT2D eigenvalue weighted by atomic mass is 10.3. The second-order valence-corrected chi connectivity index (χ2v) is 3.38. The van der Waals surface area contributed by atoms with Crippen molar-refractivity contribution in [3.05, 3.63) is 18.2 Å². The van der Waals surface area contributed by atoms with Gasteiger partial charge in [0, 0.05) is 31.8 Å². The van der Waals surface area contributed by atoms with Crippen molar-refractivity contribution in [2.75, 3.05) is 34.4 Å². The number of hydrogen-bond acceptors (Lipinski definition) is 5. The topological polar surface area (TPSA) is 57.0 Å². The van der Waals surface area contributed by atoms with Crippen LogP contribution in [0.5, 0.6) is 17.2 Å². The number of likely N-dealkylation sites (N-methyl/N-ethyl adjacent to an activating group) is 1. The molecule has 2 N–H and O–H groups in total. The number of benzene rings is 1. The van der Waals surface area contributed by atoms with E-state index in [0.717, 1.165) is 0 Å². The molecule has 16 heavy (non-hydrogen) atoms. The molecular weight excluding hydrogens is 208 g/mol. The highest BCUT2D eigenvalue weighted by Gasteiger charge is 2.02. The molecule has 0 atom stereocenters. The zero-order chi connectivity index (χ0) is 12.0. The number of hydrazine groups is 1. The molecule has 0 saturated heterocycles. The van der Waals surface area contributed by atoms with Crippen molar-refractivity contribution in [3.63, 3.8) is 0 Å². The monoisotopic (exact) mass is 226 g/mol. The van der Waals surface area contributed by atoms with Crippen LogP contribution < -0.4 is 20.1 Å². The smallest absolute Gasteiger partial charge is 0.126 e. The molecule has 1 aromatic rings. The average molecular weight is 226 g/mol. The van der Waals surface area contributed by atoms with Gasteiger partial charge in [0.15, 0.2) is 0 Å². The zero-order valence-corrected chi connectivity index (χ0v) is 9.90. The molecule has 0 aliphatic rings. The van der Waals surface area contributed by atoms with Gasteiger partial charge in [-0.1, -0.05) is 0 Å². The summed E-state index contributed by atoms with van der Waals surface area (Å²) in [5, 5.41) is 1.57. The van der Waals surface area contributed by atoms with E-state index >= 15 is 0 Å². The van der Waals surface area contributed by atoms with Crippen molar-refractivity contribution in [2.24, 2.45) is 5.84 Å². The standard InChI is InChI=1S/C11H18N2O3/c1-13(12)4-5-16-11-7-9(14-2)6-10(8-11)15-3/h6-8H,4-5,12H2,1-3H3. The summed E-state index contributed by atoms with van der Waals surface area (Å²) in [6, 6.07) is 5.40. The second-order valence-electron chi connectivity index (χ2n) is 3.38. The van der Waals surface area contributed by atoms with E-state index < -0.39 is 0 Å². The summed E-state index contributed by atoms with van der Waals surface area (Å²) in [7, 11) is 4.99. The third-order valence-corrected chi connectivity index (χ3v) is 2.04. The van der Waals surface area contributed by atoms with Crippen molar-refractivity contribution in [1.82, 2.24) is 5.01 Å². The Balaban J connectivity index is 2.64. The molecule has 1 rings (SSSR count). The fourth-order valence-electron chi connectivity index (χ4n) is 1.17. The number of nitrogens with two attached hydrogens (primary N) is 1. The normalized spacial score (nSPS) is 10.3. The number of rotatable bonds is 6. The SMILES string of the molecule is COc1cc(OC)cc(OCCN(C)N)c1. The van der Waals surface area contributed by atoms with Crippen LogP contribution in [0.4, 0.5) is 0 Å². The van der Waals surface area contributed by atoms with Crippen molar-refractivity contribution >= 4 is 0 Å². The van der Waals surface area contributed by atoms with E-state index in [2.05, 4.69) is 0 Å². The van der Waals surface area contributed by atoms with Gasteiger partial charge in [-0.3, -0.25) is 5.84 Å². The van der Waals surface area contributed by atoms with Crippen LogP contribution in [0.15, 0.2) is 18.2 Å². The minimum atomic E-state index is 0.517. The highest BCUT2D eigenvalue weighted by atomic mass is 16.5. The van der Waals surface area contributed by atoms with Gasteiger partial charge in [-0.05, 0) is 0 Å². The average Bonchev–Trinajstić information content (AvgIpc) is 2.28. The molecule has 0 aromatic heterocycles. The van der Waals surface area contributed by atoms with Crippen molar-refractivity contribution < 1.29 is 14.2 Å². The Bertz CT molecular complexity index is 307. The van der Waals surface area contributed by atoms with Gasteiger partial charge >= 0.3 is 0 Å². The third-order valence-electron chi connectivity index (χ3n) is 2.04. The zero-order valence-electron chi connectivity index (χ0n) is 9.90. The molecule has 0 fully saturated rings. The van der Waals surface area contributed by atoms with Gasteiger partial charge in [-0.15, -0.1) is 0 Å². The first-order valence-electron chi connectivity index (χ1n) is 4.97. The maximum absolute atomic E-state index is 5.52. The van der Waals surface area contributed by atoms with E-state index in [9.17, 15) is 0 Å². The van der Waals surface area contributed by atoms with Crippen LogP contribution in [0.1, 0.15) is 0 Å². The first kappa shape index (κ1) is 12.6. The summed E-state index contributed by atoms with van der Waals surface area (Å²) in [6.07, 6.45) is 0. The van der Waals surface area contributed by atoms with Gasteiger partial charge in [0.25, 0.3) is 0 Å². The molecule has 0 aliphatic heterocycles. The Hall–Kier alpha value is -1.46. The van der Waals surface area contributed by atoms with Crippen molar-refractivity contribution in [2.45, 2.75) is 0 Å². The molecule has 0 aliphatic carbocycles. The predicted octanol–water partition coefficient (Wildman–Crippen LogP) is 0.888. The fourth-order valence-corrected chi connectivity index (χ4v) is 1.17. The van der Waals surface area contributed by atoms with Crippen LogP contribution in [-0.4, -0.2) is 39.4 Å². The van der Waals surface area contributed by atoms with E-state index in [4.69, 9.17) is 20.1 Å².